The molecule has 0 amide bonds. The van der Waals surface area contributed by atoms with Crippen LogP contribution >= 0.6 is 11.6 Å². The SMILES string of the molecule is COc1ccc(COc2cc(Cl)nc(C(C)C)n2)cc1. The average Bonchev–Trinajstić information content (AvgIpc) is 2.45. The highest BCUT2D eigenvalue weighted by Gasteiger charge is 2.08. The molecule has 1 aromatic heterocycles. The molecular formula is C15H17ClN2O2. The molecule has 0 saturated heterocycles. The second kappa shape index (κ2) is 6.57. The van der Waals surface area contributed by atoms with Gasteiger partial charge in [0, 0.05) is 12.0 Å². The maximum absolute atomic E-state index is 5.97. The minimum atomic E-state index is 0.206. The van der Waals surface area contributed by atoms with Crippen LogP contribution in [0.3, 0.4) is 0 Å². The molecule has 0 aliphatic heterocycles. The van der Waals surface area contributed by atoms with Gasteiger partial charge in [-0.25, -0.2) is 4.98 Å². The van der Waals surface area contributed by atoms with Crippen molar-refractivity contribution < 1.29 is 9.47 Å². The Balaban J connectivity index is 2.06. The first-order valence-corrected chi connectivity index (χ1v) is 6.76. The second-order valence-corrected chi connectivity index (χ2v) is 5.07. The first-order valence-electron chi connectivity index (χ1n) is 6.38. The summed E-state index contributed by atoms with van der Waals surface area (Å²) in [4.78, 5) is 8.51. The van der Waals surface area contributed by atoms with Crippen molar-refractivity contribution in [2.45, 2.75) is 26.4 Å². The largest absolute Gasteiger partial charge is 0.497 e. The standard InChI is InChI=1S/C15H17ClN2O2/c1-10(2)15-17-13(16)8-14(18-15)20-9-11-4-6-12(19-3)7-5-11/h4-8,10H,9H2,1-3H3. The van der Waals surface area contributed by atoms with Crippen LogP contribution < -0.4 is 9.47 Å². The van der Waals surface area contributed by atoms with Crippen molar-refractivity contribution in [2.75, 3.05) is 7.11 Å². The molecule has 0 saturated carbocycles. The van der Waals surface area contributed by atoms with E-state index in [1.807, 2.05) is 38.1 Å². The Labute approximate surface area is 123 Å². The number of rotatable bonds is 5. The molecule has 0 radical (unpaired) electrons. The van der Waals surface area contributed by atoms with Crippen molar-refractivity contribution in [3.05, 3.63) is 46.9 Å². The summed E-state index contributed by atoms with van der Waals surface area (Å²) in [7, 11) is 1.64. The predicted octanol–water partition coefficient (Wildman–Crippen LogP) is 3.84. The summed E-state index contributed by atoms with van der Waals surface area (Å²) in [6.07, 6.45) is 0. The molecule has 1 heterocycles. The third kappa shape index (κ3) is 3.84. The Hall–Kier alpha value is -1.81. The maximum Gasteiger partial charge on any atom is 0.218 e. The van der Waals surface area contributed by atoms with Gasteiger partial charge in [-0.05, 0) is 17.7 Å². The van der Waals surface area contributed by atoms with E-state index in [0.29, 0.717) is 23.5 Å². The molecule has 2 aromatic rings. The van der Waals surface area contributed by atoms with Crippen LogP contribution in [0, 0.1) is 0 Å². The fourth-order valence-electron chi connectivity index (χ4n) is 1.62. The Morgan fingerprint density at radius 1 is 1.15 bits per heavy atom. The summed E-state index contributed by atoms with van der Waals surface area (Å²) >= 11 is 5.97. The quantitative estimate of drug-likeness (QED) is 0.785. The summed E-state index contributed by atoms with van der Waals surface area (Å²) in [5.41, 5.74) is 1.03. The van der Waals surface area contributed by atoms with Gasteiger partial charge in [0.25, 0.3) is 0 Å². The molecule has 0 bridgehead atoms. The number of methoxy groups -OCH3 is 1. The Bertz CT molecular complexity index is 571. The van der Waals surface area contributed by atoms with Gasteiger partial charge in [0.15, 0.2) is 0 Å². The van der Waals surface area contributed by atoms with Gasteiger partial charge in [0.1, 0.15) is 23.3 Å². The van der Waals surface area contributed by atoms with Crippen molar-refractivity contribution in [1.29, 1.82) is 0 Å². The smallest absolute Gasteiger partial charge is 0.218 e. The Morgan fingerprint density at radius 2 is 1.85 bits per heavy atom. The summed E-state index contributed by atoms with van der Waals surface area (Å²) in [6.45, 7) is 4.45. The molecule has 2 rings (SSSR count). The van der Waals surface area contributed by atoms with Gasteiger partial charge in [-0.1, -0.05) is 37.6 Å². The summed E-state index contributed by atoms with van der Waals surface area (Å²) in [5.74, 6) is 2.20. The van der Waals surface area contributed by atoms with Crippen LogP contribution in [0.5, 0.6) is 11.6 Å². The minimum absolute atomic E-state index is 0.206. The van der Waals surface area contributed by atoms with Crippen LogP contribution in [0.1, 0.15) is 31.2 Å². The number of aromatic nitrogens is 2. The van der Waals surface area contributed by atoms with Crippen LogP contribution in [0.4, 0.5) is 0 Å². The van der Waals surface area contributed by atoms with Crippen LogP contribution in [0.25, 0.3) is 0 Å². The van der Waals surface area contributed by atoms with Crippen LogP contribution in [-0.4, -0.2) is 17.1 Å². The number of halogens is 1. The number of ether oxygens (including phenoxy) is 2. The zero-order valence-corrected chi connectivity index (χ0v) is 12.5. The van der Waals surface area contributed by atoms with Crippen molar-refractivity contribution in [1.82, 2.24) is 9.97 Å². The van der Waals surface area contributed by atoms with E-state index in [1.54, 1.807) is 13.2 Å². The number of hydrogen-bond acceptors (Lipinski definition) is 4. The fraction of sp³-hybridized carbons (Fsp3) is 0.333. The normalized spacial score (nSPS) is 10.7. The van der Waals surface area contributed by atoms with Crippen molar-refractivity contribution in [2.24, 2.45) is 0 Å². The Kier molecular flexibility index (Phi) is 4.79. The van der Waals surface area contributed by atoms with Gasteiger partial charge in [-0.2, -0.15) is 4.98 Å². The number of nitrogens with zero attached hydrogens (tertiary/aromatic N) is 2. The van der Waals surface area contributed by atoms with Crippen molar-refractivity contribution in [3.63, 3.8) is 0 Å². The predicted molar refractivity (Wildman–Crippen MR) is 78.5 cm³/mol. The molecule has 20 heavy (non-hydrogen) atoms. The molecule has 0 atom stereocenters. The molecule has 0 fully saturated rings. The molecule has 0 aliphatic rings. The third-order valence-corrected chi connectivity index (χ3v) is 2.94. The van der Waals surface area contributed by atoms with Gasteiger partial charge in [-0.3, -0.25) is 0 Å². The first-order chi connectivity index (χ1) is 9.58. The van der Waals surface area contributed by atoms with Crippen LogP contribution in [0.2, 0.25) is 5.15 Å². The van der Waals surface area contributed by atoms with Gasteiger partial charge >= 0.3 is 0 Å². The molecular weight excluding hydrogens is 276 g/mol. The third-order valence-electron chi connectivity index (χ3n) is 2.75. The summed E-state index contributed by atoms with van der Waals surface area (Å²) < 4.78 is 10.8. The van der Waals surface area contributed by atoms with E-state index in [1.165, 1.54) is 0 Å². The van der Waals surface area contributed by atoms with Crippen LogP contribution in [-0.2, 0) is 6.61 Å². The number of hydrogen-bond donors (Lipinski definition) is 0. The first kappa shape index (κ1) is 14.6. The lowest BCUT2D eigenvalue weighted by molar-refractivity contribution is 0.291. The maximum atomic E-state index is 5.97. The van der Waals surface area contributed by atoms with E-state index in [4.69, 9.17) is 21.1 Å². The fourth-order valence-corrected chi connectivity index (χ4v) is 1.80. The minimum Gasteiger partial charge on any atom is -0.497 e. The highest BCUT2D eigenvalue weighted by Crippen LogP contribution is 2.20. The van der Waals surface area contributed by atoms with Gasteiger partial charge in [0.05, 0.1) is 7.11 Å². The molecule has 1 aromatic carbocycles. The number of benzene rings is 1. The van der Waals surface area contributed by atoms with Crippen LogP contribution in [0.15, 0.2) is 30.3 Å². The lowest BCUT2D eigenvalue weighted by atomic mass is 10.2. The highest BCUT2D eigenvalue weighted by atomic mass is 35.5. The lowest BCUT2D eigenvalue weighted by Gasteiger charge is -2.09. The van der Waals surface area contributed by atoms with E-state index in [-0.39, 0.29) is 5.92 Å². The van der Waals surface area contributed by atoms with Gasteiger partial charge in [0.2, 0.25) is 5.88 Å². The van der Waals surface area contributed by atoms with E-state index >= 15 is 0 Å². The molecule has 0 aliphatic carbocycles. The molecule has 5 heteroatoms. The summed E-state index contributed by atoms with van der Waals surface area (Å²) in [5, 5.41) is 0.397. The highest BCUT2D eigenvalue weighted by molar-refractivity contribution is 6.29. The molecule has 4 nitrogen and oxygen atoms in total. The van der Waals surface area contributed by atoms with E-state index in [2.05, 4.69) is 9.97 Å². The zero-order chi connectivity index (χ0) is 14.5. The van der Waals surface area contributed by atoms with Crippen molar-refractivity contribution in [3.8, 4) is 11.6 Å². The second-order valence-electron chi connectivity index (χ2n) is 4.68. The monoisotopic (exact) mass is 292 g/mol. The lowest BCUT2D eigenvalue weighted by Crippen LogP contribution is -2.02. The molecule has 106 valence electrons. The topological polar surface area (TPSA) is 44.2 Å². The average molecular weight is 293 g/mol. The molecule has 0 N–H and O–H groups in total. The van der Waals surface area contributed by atoms with E-state index in [9.17, 15) is 0 Å². The zero-order valence-electron chi connectivity index (χ0n) is 11.8. The molecule has 0 unspecified atom stereocenters. The summed E-state index contributed by atoms with van der Waals surface area (Å²) in [6, 6.07) is 9.31. The van der Waals surface area contributed by atoms with Gasteiger partial charge in [-0.15, -0.1) is 0 Å². The van der Waals surface area contributed by atoms with E-state index < -0.39 is 0 Å². The van der Waals surface area contributed by atoms with E-state index in [0.717, 1.165) is 11.3 Å². The Morgan fingerprint density at radius 3 is 2.45 bits per heavy atom. The van der Waals surface area contributed by atoms with Crippen molar-refractivity contribution >= 4 is 11.6 Å². The van der Waals surface area contributed by atoms with Gasteiger partial charge < -0.3 is 9.47 Å². The molecule has 0 spiro atoms.